The molecule has 1 aliphatic rings. The number of pyridine rings is 1. The van der Waals surface area contributed by atoms with Gasteiger partial charge in [0.2, 0.25) is 0 Å². The van der Waals surface area contributed by atoms with Crippen LogP contribution in [0.4, 0.5) is 5.82 Å². The summed E-state index contributed by atoms with van der Waals surface area (Å²) in [5.74, 6) is 1.09. The molecular formula is C13H21N3O. The molecule has 0 bridgehead atoms. The van der Waals surface area contributed by atoms with Gasteiger partial charge in [-0.05, 0) is 31.5 Å². The van der Waals surface area contributed by atoms with E-state index in [0.717, 1.165) is 25.5 Å². The van der Waals surface area contributed by atoms with E-state index >= 15 is 0 Å². The highest BCUT2D eigenvalue weighted by molar-refractivity contribution is 5.40. The fourth-order valence-electron chi connectivity index (χ4n) is 2.20. The molecule has 0 aliphatic carbocycles. The van der Waals surface area contributed by atoms with Crippen LogP contribution in [0.2, 0.25) is 0 Å². The van der Waals surface area contributed by atoms with Crippen LogP contribution >= 0.6 is 0 Å². The van der Waals surface area contributed by atoms with Crippen LogP contribution < -0.4 is 4.90 Å². The molecule has 1 saturated heterocycles. The predicted molar refractivity (Wildman–Crippen MR) is 69.1 cm³/mol. The van der Waals surface area contributed by atoms with Crippen molar-refractivity contribution in [2.75, 3.05) is 38.2 Å². The summed E-state index contributed by atoms with van der Waals surface area (Å²) in [7, 11) is 2.00. The van der Waals surface area contributed by atoms with Crippen LogP contribution in [0, 0.1) is 0 Å². The maximum absolute atomic E-state index is 8.84. The van der Waals surface area contributed by atoms with Crippen molar-refractivity contribution in [3.63, 3.8) is 0 Å². The summed E-state index contributed by atoms with van der Waals surface area (Å²) in [5.41, 5.74) is 1.20. The van der Waals surface area contributed by atoms with Crippen LogP contribution in [0.15, 0.2) is 18.3 Å². The number of hydrogen-bond acceptors (Lipinski definition) is 4. The van der Waals surface area contributed by atoms with Crippen LogP contribution in [-0.2, 0) is 6.54 Å². The number of rotatable bonds is 5. The van der Waals surface area contributed by atoms with Crippen LogP contribution in [-0.4, -0.2) is 48.3 Å². The Hall–Kier alpha value is -1.13. The minimum Gasteiger partial charge on any atom is -0.395 e. The van der Waals surface area contributed by atoms with Gasteiger partial charge in [0.1, 0.15) is 5.82 Å². The highest BCUT2D eigenvalue weighted by Gasteiger charge is 2.12. The zero-order chi connectivity index (χ0) is 12.1. The Kier molecular flexibility index (Phi) is 4.34. The minimum atomic E-state index is 0.204. The number of hydrogen-bond donors (Lipinski definition) is 1. The summed E-state index contributed by atoms with van der Waals surface area (Å²) in [4.78, 5) is 8.93. The normalized spacial score (nSPS) is 15.8. The number of aliphatic hydroxyl groups excluding tert-OH is 1. The zero-order valence-electron chi connectivity index (χ0n) is 10.5. The first-order chi connectivity index (χ1) is 8.29. The quantitative estimate of drug-likeness (QED) is 0.830. The molecule has 2 rings (SSSR count). The molecule has 0 atom stereocenters. The molecule has 94 valence electrons. The van der Waals surface area contributed by atoms with E-state index in [9.17, 15) is 0 Å². The highest BCUT2D eigenvalue weighted by atomic mass is 16.3. The molecule has 0 saturated carbocycles. The van der Waals surface area contributed by atoms with Gasteiger partial charge in [0.15, 0.2) is 0 Å². The van der Waals surface area contributed by atoms with Crippen molar-refractivity contribution in [3.05, 3.63) is 23.9 Å². The number of anilines is 1. The van der Waals surface area contributed by atoms with Crippen LogP contribution in [0.25, 0.3) is 0 Å². The Morgan fingerprint density at radius 1 is 1.35 bits per heavy atom. The van der Waals surface area contributed by atoms with Crippen molar-refractivity contribution in [3.8, 4) is 0 Å². The van der Waals surface area contributed by atoms with Crippen molar-refractivity contribution in [2.24, 2.45) is 0 Å². The van der Waals surface area contributed by atoms with E-state index < -0.39 is 0 Å². The molecule has 0 amide bonds. The van der Waals surface area contributed by atoms with Gasteiger partial charge in [0, 0.05) is 32.4 Å². The van der Waals surface area contributed by atoms with Gasteiger partial charge < -0.3 is 10.0 Å². The molecule has 4 heteroatoms. The van der Waals surface area contributed by atoms with E-state index in [1.165, 1.54) is 18.4 Å². The highest BCUT2D eigenvalue weighted by Crippen LogP contribution is 2.17. The van der Waals surface area contributed by atoms with Crippen molar-refractivity contribution in [2.45, 2.75) is 19.4 Å². The van der Waals surface area contributed by atoms with E-state index in [4.69, 9.17) is 5.11 Å². The largest absolute Gasteiger partial charge is 0.395 e. The molecule has 0 aromatic carbocycles. The third-order valence-electron chi connectivity index (χ3n) is 3.17. The number of nitrogens with zero attached hydrogens (tertiary/aromatic N) is 3. The van der Waals surface area contributed by atoms with Gasteiger partial charge in [-0.15, -0.1) is 0 Å². The van der Waals surface area contributed by atoms with Crippen LogP contribution in [0.5, 0.6) is 0 Å². The van der Waals surface area contributed by atoms with E-state index in [0.29, 0.717) is 6.54 Å². The summed E-state index contributed by atoms with van der Waals surface area (Å²) < 4.78 is 0. The fraction of sp³-hybridized carbons (Fsp3) is 0.615. The van der Waals surface area contributed by atoms with Gasteiger partial charge in [0.05, 0.1) is 6.61 Å². The Labute approximate surface area is 103 Å². The minimum absolute atomic E-state index is 0.204. The molecule has 0 spiro atoms. The van der Waals surface area contributed by atoms with Gasteiger partial charge in [-0.2, -0.15) is 0 Å². The summed E-state index contributed by atoms with van der Waals surface area (Å²) in [6.07, 6.45) is 4.51. The predicted octanol–water partition coefficient (Wildman–Crippen LogP) is 1.11. The summed E-state index contributed by atoms with van der Waals surface area (Å²) >= 11 is 0. The first-order valence-electron chi connectivity index (χ1n) is 6.29. The molecule has 2 heterocycles. The topological polar surface area (TPSA) is 39.6 Å². The number of aliphatic hydroxyl groups is 1. The maximum atomic E-state index is 8.84. The van der Waals surface area contributed by atoms with Crippen molar-refractivity contribution in [1.29, 1.82) is 0 Å². The van der Waals surface area contributed by atoms with Gasteiger partial charge in [0.25, 0.3) is 0 Å². The monoisotopic (exact) mass is 235 g/mol. The lowest BCUT2D eigenvalue weighted by molar-refractivity contribution is 0.217. The number of likely N-dealkylation sites (N-methyl/N-ethyl adjacent to an activating group) is 1. The van der Waals surface area contributed by atoms with Gasteiger partial charge in [-0.25, -0.2) is 4.98 Å². The summed E-state index contributed by atoms with van der Waals surface area (Å²) in [6, 6.07) is 4.24. The van der Waals surface area contributed by atoms with Gasteiger partial charge in [-0.3, -0.25) is 4.90 Å². The lowest BCUT2D eigenvalue weighted by atomic mass is 10.2. The Morgan fingerprint density at radius 3 is 2.71 bits per heavy atom. The van der Waals surface area contributed by atoms with Crippen LogP contribution in [0.3, 0.4) is 0 Å². The third kappa shape index (κ3) is 3.41. The second-order valence-electron chi connectivity index (χ2n) is 4.68. The molecule has 1 aromatic rings. The molecule has 17 heavy (non-hydrogen) atoms. The first kappa shape index (κ1) is 12.3. The fourth-order valence-corrected chi connectivity index (χ4v) is 2.20. The Balaban J connectivity index is 1.92. The molecule has 0 unspecified atom stereocenters. The zero-order valence-corrected chi connectivity index (χ0v) is 10.5. The van der Waals surface area contributed by atoms with E-state index in [2.05, 4.69) is 26.9 Å². The standard InChI is InChI=1S/C13H21N3O/c1-15(8-9-17)11-12-4-5-13(14-10-12)16-6-2-3-7-16/h4-5,10,17H,2-3,6-9,11H2,1H3. The lowest BCUT2D eigenvalue weighted by Crippen LogP contribution is -2.22. The Morgan fingerprint density at radius 2 is 2.12 bits per heavy atom. The molecule has 0 radical (unpaired) electrons. The van der Waals surface area contributed by atoms with E-state index in [1.54, 1.807) is 0 Å². The molecule has 1 fully saturated rings. The molecular weight excluding hydrogens is 214 g/mol. The maximum Gasteiger partial charge on any atom is 0.128 e. The first-order valence-corrected chi connectivity index (χ1v) is 6.29. The average Bonchev–Trinajstić information content (AvgIpc) is 2.84. The molecule has 1 aromatic heterocycles. The smallest absolute Gasteiger partial charge is 0.128 e. The van der Waals surface area contributed by atoms with Gasteiger partial charge in [-0.1, -0.05) is 6.07 Å². The number of aromatic nitrogens is 1. The Bertz CT molecular complexity index is 333. The van der Waals surface area contributed by atoms with Crippen molar-refractivity contribution >= 4 is 5.82 Å². The van der Waals surface area contributed by atoms with Crippen LogP contribution in [0.1, 0.15) is 18.4 Å². The van der Waals surface area contributed by atoms with E-state index in [-0.39, 0.29) is 6.61 Å². The van der Waals surface area contributed by atoms with Gasteiger partial charge >= 0.3 is 0 Å². The average molecular weight is 235 g/mol. The summed E-state index contributed by atoms with van der Waals surface area (Å²) in [6.45, 7) is 4.02. The molecule has 4 nitrogen and oxygen atoms in total. The third-order valence-corrected chi connectivity index (χ3v) is 3.17. The lowest BCUT2D eigenvalue weighted by Gasteiger charge is -2.18. The molecule has 1 N–H and O–H groups in total. The van der Waals surface area contributed by atoms with E-state index in [1.807, 2.05) is 13.2 Å². The summed E-state index contributed by atoms with van der Waals surface area (Å²) in [5, 5.41) is 8.84. The molecule has 1 aliphatic heterocycles. The second kappa shape index (κ2) is 5.98. The van der Waals surface area contributed by atoms with Crippen molar-refractivity contribution in [1.82, 2.24) is 9.88 Å². The second-order valence-corrected chi connectivity index (χ2v) is 4.68. The van der Waals surface area contributed by atoms with Crippen molar-refractivity contribution < 1.29 is 5.11 Å². The SMILES string of the molecule is CN(CCO)Cc1ccc(N2CCCC2)nc1.